The first-order valence-corrected chi connectivity index (χ1v) is 16.0. The van der Waals surface area contributed by atoms with E-state index in [0.717, 1.165) is 16.7 Å². The maximum absolute atomic E-state index is 14.7. The van der Waals surface area contributed by atoms with E-state index in [2.05, 4.69) is 27.7 Å². The maximum atomic E-state index is 14.7. The predicted molar refractivity (Wildman–Crippen MR) is 179 cm³/mol. The van der Waals surface area contributed by atoms with Crippen LogP contribution < -0.4 is 10.6 Å². The molecular formula is C37H46N4O6. The van der Waals surface area contributed by atoms with Gasteiger partial charge in [-0.1, -0.05) is 91.0 Å². The van der Waals surface area contributed by atoms with Gasteiger partial charge in [-0.25, -0.2) is 4.79 Å². The SMILES string of the molecule is COC(=O)C[C@H](NC(=O)OC(C)(C)C)C(=O)N(Cc1ccccc1)C1(C(=O)NCc2ccccc2)CCN(Cc2ccccc2)CC1. The molecule has 3 aromatic carbocycles. The third-order valence-corrected chi connectivity index (χ3v) is 8.20. The summed E-state index contributed by atoms with van der Waals surface area (Å²) in [5.74, 6) is -1.55. The molecule has 3 aromatic rings. The van der Waals surface area contributed by atoms with Gasteiger partial charge in [0.1, 0.15) is 17.2 Å². The van der Waals surface area contributed by atoms with Crippen LogP contribution in [0.2, 0.25) is 0 Å². The zero-order chi connectivity index (χ0) is 33.9. The van der Waals surface area contributed by atoms with Crippen LogP contribution in [0.5, 0.6) is 0 Å². The number of methoxy groups -OCH3 is 1. The van der Waals surface area contributed by atoms with Gasteiger partial charge in [-0.05, 0) is 50.3 Å². The van der Waals surface area contributed by atoms with Gasteiger partial charge in [0.2, 0.25) is 11.8 Å². The lowest BCUT2D eigenvalue weighted by Crippen LogP contribution is -2.66. The topological polar surface area (TPSA) is 117 Å². The number of nitrogens with zero attached hydrogens (tertiary/aromatic N) is 2. The number of nitrogens with one attached hydrogen (secondary N) is 2. The Morgan fingerprint density at radius 1 is 0.830 bits per heavy atom. The number of ether oxygens (including phenoxy) is 2. The van der Waals surface area contributed by atoms with Gasteiger partial charge < -0.3 is 25.0 Å². The van der Waals surface area contributed by atoms with E-state index >= 15 is 0 Å². The monoisotopic (exact) mass is 642 g/mol. The summed E-state index contributed by atoms with van der Waals surface area (Å²) in [7, 11) is 1.22. The number of piperidine rings is 1. The summed E-state index contributed by atoms with van der Waals surface area (Å²) in [5.41, 5.74) is 0.770. The van der Waals surface area contributed by atoms with Crippen LogP contribution >= 0.6 is 0 Å². The summed E-state index contributed by atoms with van der Waals surface area (Å²) in [4.78, 5) is 58.5. The van der Waals surface area contributed by atoms with Crippen LogP contribution in [0.1, 0.15) is 56.7 Å². The molecule has 0 aliphatic carbocycles. The Bertz CT molecular complexity index is 1470. The number of hydrogen-bond acceptors (Lipinski definition) is 7. The van der Waals surface area contributed by atoms with E-state index in [4.69, 9.17) is 9.47 Å². The van der Waals surface area contributed by atoms with Crippen LogP contribution in [-0.2, 0) is 43.5 Å². The second-order valence-electron chi connectivity index (χ2n) is 12.9. The van der Waals surface area contributed by atoms with Crippen molar-refractivity contribution in [1.29, 1.82) is 0 Å². The van der Waals surface area contributed by atoms with Crippen LogP contribution in [0.3, 0.4) is 0 Å². The standard InChI is InChI=1S/C37H46N4O6/c1-36(2,3)47-35(45)39-31(24-32(42)46-4)33(43)41(27-30-18-12-7-13-19-30)37(34(44)38-25-28-14-8-5-9-15-28)20-22-40(23-21-37)26-29-16-10-6-11-17-29/h5-19,31H,20-27H2,1-4H3,(H,38,44)(H,39,45)/t31-/m0/s1. The fourth-order valence-electron chi connectivity index (χ4n) is 5.78. The first kappa shape index (κ1) is 35.2. The van der Waals surface area contributed by atoms with Crippen molar-refractivity contribution in [3.8, 4) is 0 Å². The average Bonchev–Trinajstić information content (AvgIpc) is 3.06. The van der Waals surface area contributed by atoms with E-state index in [1.54, 1.807) is 25.7 Å². The molecule has 1 heterocycles. The minimum atomic E-state index is -1.33. The second kappa shape index (κ2) is 16.2. The highest BCUT2D eigenvalue weighted by atomic mass is 16.6. The fourth-order valence-corrected chi connectivity index (χ4v) is 5.78. The van der Waals surface area contributed by atoms with Gasteiger partial charge in [-0.2, -0.15) is 0 Å². The molecule has 0 aromatic heterocycles. The number of esters is 1. The molecule has 4 rings (SSSR count). The number of alkyl carbamates (subject to hydrolysis) is 1. The Kier molecular flexibility index (Phi) is 12.1. The predicted octanol–water partition coefficient (Wildman–Crippen LogP) is 4.82. The number of likely N-dealkylation sites (tertiary alicyclic amines) is 1. The summed E-state index contributed by atoms with van der Waals surface area (Å²) in [6.07, 6.45) is -0.589. The van der Waals surface area contributed by atoms with Crippen LogP contribution in [-0.4, -0.2) is 71.1 Å². The van der Waals surface area contributed by atoms with Crippen LogP contribution in [0.15, 0.2) is 91.0 Å². The van der Waals surface area contributed by atoms with Gasteiger partial charge >= 0.3 is 12.1 Å². The molecule has 3 amide bonds. The molecule has 0 saturated carbocycles. The van der Waals surface area contributed by atoms with E-state index in [9.17, 15) is 19.2 Å². The van der Waals surface area contributed by atoms with Crippen LogP contribution in [0.4, 0.5) is 4.79 Å². The third-order valence-electron chi connectivity index (χ3n) is 8.20. The van der Waals surface area contributed by atoms with Crippen LogP contribution in [0, 0.1) is 0 Å². The Labute approximate surface area is 277 Å². The first-order chi connectivity index (χ1) is 22.5. The van der Waals surface area contributed by atoms with Crippen LogP contribution in [0.25, 0.3) is 0 Å². The number of rotatable bonds is 12. The minimum Gasteiger partial charge on any atom is -0.469 e. The molecule has 0 spiro atoms. The van der Waals surface area contributed by atoms with Crippen molar-refractivity contribution >= 4 is 23.9 Å². The van der Waals surface area contributed by atoms with Crippen molar-refractivity contribution in [1.82, 2.24) is 20.4 Å². The second-order valence-corrected chi connectivity index (χ2v) is 12.9. The highest BCUT2D eigenvalue weighted by Gasteiger charge is 2.50. The summed E-state index contributed by atoms with van der Waals surface area (Å²) < 4.78 is 10.3. The lowest BCUT2D eigenvalue weighted by Gasteiger charge is -2.48. The summed E-state index contributed by atoms with van der Waals surface area (Å²) in [5, 5.41) is 5.71. The molecule has 0 radical (unpaired) electrons. The normalized spacial score (nSPS) is 15.1. The van der Waals surface area contributed by atoms with Gasteiger partial charge in [0.25, 0.3) is 0 Å². The molecule has 1 fully saturated rings. The first-order valence-electron chi connectivity index (χ1n) is 16.0. The Balaban J connectivity index is 1.71. The summed E-state index contributed by atoms with van der Waals surface area (Å²) in [6.45, 7) is 7.30. The quantitative estimate of drug-likeness (QED) is 0.272. The molecule has 10 nitrogen and oxygen atoms in total. The number of amides is 3. The molecule has 250 valence electrons. The summed E-state index contributed by atoms with van der Waals surface area (Å²) >= 11 is 0. The molecule has 1 aliphatic rings. The lowest BCUT2D eigenvalue weighted by atomic mass is 9.83. The fraction of sp³-hybridized carbons (Fsp3) is 0.405. The smallest absolute Gasteiger partial charge is 0.408 e. The lowest BCUT2D eigenvalue weighted by molar-refractivity contribution is -0.156. The highest BCUT2D eigenvalue weighted by molar-refractivity contribution is 5.96. The molecule has 2 N–H and O–H groups in total. The highest BCUT2D eigenvalue weighted by Crippen LogP contribution is 2.33. The molecule has 1 saturated heterocycles. The Hall–Kier alpha value is -4.70. The molecule has 10 heteroatoms. The Morgan fingerprint density at radius 2 is 1.36 bits per heavy atom. The van der Waals surface area contributed by atoms with Gasteiger partial charge in [0.15, 0.2) is 0 Å². The molecule has 0 bridgehead atoms. The maximum Gasteiger partial charge on any atom is 0.408 e. The van der Waals surface area contributed by atoms with Gasteiger partial charge in [0, 0.05) is 32.7 Å². The zero-order valence-electron chi connectivity index (χ0n) is 27.7. The van der Waals surface area contributed by atoms with Gasteiger partial charge in [-0.15, -0.1) is 0 Å². The van der Waals surface area contributed by atoms with Crippen molar-refractivity contribution in [2.24, 2.45) is 0 Å². The van der Waals surface area contributed by atoms with Gasteiger partial charge in [0.05, 0.1) is 13.5 Å². The van der Waals surface area contributed by atoms with E-state index < -0.39 is 41.6 Å². The van der Waals surface area contributed by atoms with Crippen molar-refractivity contribution in [3.63, 3.8) is 0 Å². The number of hydrogen-bond donors (Lipinski definition) is 2. The molecule has 0 unspecified atom stereocenters. The van der Waals surface area contributed by atoms with E-state index in [1.807, 2.05) is 78.9 Å². The summed E-state index contributed by atoms with van der Waals surface area (Å²) in [6, 6.07) is 27.8. The zero-order valence-corrected chi connectivity index (χ0v) is 27.7. The van der Waals surface area contributed by atoms with Crippen molar-refractivity contribution in [2.45, 2.75) is 76.8 Å². The molecular weight excluding hydrogens is 596 g/mol. The molecule has 47 heavy (non-hydrogen) atoms. The number of benzene rings is 3. The van der Waals surface area contributed by atoms with Gasteiger partial charge in [-0.3, -0.25) is 19.3 Å². The number of carbonyl (C=O) groups excluding carboxylic acids is 4. The third kappa shape index (κ3) is 10.1. The average molecular weight is 643 g/mol. The van der Waals surface area contributed by atoms with E-state index in [1.165, 1.54) is 7.11 Å². The minimum absolute atomic E-state index is 0.0881. The van der Waals surface area contributed by atoms with E-state index in [-0.39, 0.29) is 19.0 Å². The largest absolute Gasteiger partial charge is 0.469 e. The number of carbonyl (C=O) groups is 4. The molecule has 1 atom stereocenters. The molecule has 1 aliphatic heterocycles. The van der Waals surface area contributed by atoms with Crippen molar-refractivity contribution in [3.05, 3.63) is 108 Å². The Morgan fingerprint density at radius 3 is 1.89 bits per heavy atom. The van der Waals surface area contributed by atoms with Crippen molar-refractivity contribution < 1.29 is 28.7 Å². The van der Waals surface area contributed by atoms with Crippen molar-refractivity contribution in [2.75, 3.05) is 20.2 Å². The van der Waals surface area contributed by atoms with E-state index in [0.29, 0.717) is 32.5 Å².